The van der Waals surface area contributed by atoms with Gasteiger partial charge in [0, 0.05) is 0 Å². The number of ether oxygens (including phenoxy) is 1. The van der Waals surface area contributed by atoms with Crippen LogP contribution < -0.4 is 4.74 Å². The van der Waals surface area contributed by atoms with Gasteiger partial charge in [-0.2, -0.15) is 0 Å². The number of alkyl halides is 3. The summed E-state index contributed by atoms with van der Waals surface area (Å²) in [6, 6.07) is 6.53. The molecule has 1 aromatic carbocycles. The van der Waals surface area contributed by atoms with Crippen molar-refractivity contribution in [1.29, 1.82) is 0 Å². The highest BCUT2D eigenvalue weighted by Crippen LogP contribution is 2.42. The van der Waals surface area contributed by atoms with Crippen LogP contribution in [-0.2, 0) is 0 Å². The second kappa shape index (κ2) is 10.9. The molecule has 30 heavy (non-hydrogen) atoms. The van der Waals surface area contributed by atoms with E-state index < -0.39 is 6.36 Å². The van der Waals surface area contributed by atoms with E-state index in [1.165, 1.54) is 76.3 Å². The Labute approximate surface area is 180 Å². The van der Waals surface area contributed by atoms with Crippen molar-refractivity contribution in [2.75, 3.05) is 0 Å². The molecule has 0 spiro atoms. The fourth-order valence-electron chi connectivity index (χ4n) is 5.93. The minimum atomic E-state index is -4.62. The number of hydrogen-bond donors (Lipinski definition) is 0. The molecular formula is C26H39F3O. The molecule has 2 fully saturated rings. The van der Waals surface area contributed by atoms with Gasteiger partial charge in [0.25, 0.3) is 0 Å². The number of rotatable bonds is 8. The minimum absolute atomic E-state index is 0.127. The smallest absolute Gasteiger partial charge is 0.406 e. The molecule has 170 valence electrons. The van der Waals surface area contributed by atoms with E-state index in [1.807, 2.05) is 12.1 Å². The molecule has 0 radical (unpaired) electrons. The molecule has 2 aliphatic carbocycles. The second-order valence-corrected chi connectivity index (χ2v) is 9.97. The third-order valence-electron chi connectivity index (χ3n) is 7.80. The lowest BCUT2D eigenvalue weighted by Crippen LogP contribution is -2.23. The molecule has 0 saturated heterocycles. The predicted octanol–water partition coefficient (Wildman–Crippen LogP) is 8.88. The number of hydrogen-bond acceptors (Lipinski definition) is 1. The van der Waals surface area contributed by atoms with Gasteiger partial charge in [0.05, 0.1) is 0 Å². The highest BCUT2D eigenvalue weighted by atomic mass is 19.4. The Hall–Kier alpha value is -1.19. The lowest BCUT2D eigenvalue weighted by Gasteiger charge is -2.36. The lowest BCUT2D eigenvalue weighted by molar-refractivity contribution is -0.274. The summed E-state index contributed by atoms with van der Waals surface area (Å²) >= 11 is 0. The number of benzene rings is 1. The van der Waals surface area contributed by atoms with Gasteiger partial charge < -0.3 is 4.74 Å². The Bertz CT molecular complexity index is 608. The average molecular weight is 425 g/mol. The summed E-state index contributed by atoms with van der Waals surface area (Å²) in [6.45, 7) is 4.77. The second-order valence-electron chi connectivity index (χ2n) is 9.97. The van der Waals surface area contributed by atoms with Crippen molar-refractivity contribution in [1.82, 2.24) is 0 Å². The molecule has 0 aliphatic heterocycles. The van der Waals surface area contributed by atoms with Gasteiger partial charge in [0.1, 0.15) is 5.75 Å². The molecule has 0 bridgehead atoms. The van der Waals surface area contributed by atoms with Crippen molar-refractivity contribution in [3.8, 4) is 5.75 Å². The summed E-state index contributed by atoms with van der Waals surface area (Å²) in [6.07, 6.45) is 11.4. The zero-order valence-electron chi connectivity index (χ0n) is 18.7. The molecule has 1 nitrogen and oxygen atoms in total. The first kappa shape index (κ1) is 23.5. The van der Waals surface area contributed by atoms with Crippen molar-refractivity contribution in [3.63, 3.8) is 0 Å². The molecule has 0 heterocycles. The fourth-order valence-corrected chi connectivity index (χ4v) is 5.93. The van der Waals surface area contributed by atoms with Gasteiger partial charge in [-0.15, -0.1) is 13.2 Å². The largest absolute Gasteiger partial charge is 0.573 e. The molecule has 0 N–H and O–H groups in total. The highest BCUT2D eigenvalue weighted by Gasteiger charge is 2.31. The molecule has 2 aliphatic rings. The summed E-state index contributed by atoms with van der Waals surface area (Å²) in [5.74, 6) is 3.90. The minimum Gasteiger partial charge on any atom is -0.406 e. The Balaban J connectivity index is 1.39. The van der Waals surface area contributed by atoms with Crippen LogP contribution in [0.2, 0.25) is 0 Å². The normalized spacial score (nSPS) is 28.8. The van der Waals surface area contributed by atoms with Gasteiger partial charge in [0.15, 0.2) is 0 Å². The third kappa shape index (κ3) is 7.20. The molecule has 1 atom stereocenters. The van der Waals surface area contributed by atoms with Crippen LogP contribution in [0.4, 0.5) is 13.2 Å². The maximum atomic E-state index is 12.3. The summed E-state index contributed by atoms with van der Waals surface area (Å²) < 4.78 is 41.0. The van der Waals surface area contributed by atoms with Gasteiger partial charge in [-0.3, -0.25) is 0 Å². The fraction of sp³-hybridized carbons (Fsp3) is 0.769. The maximum Gasteiger partial charge on any atom is 0.573 e. The van der Waals surface area contributed by atoms with Crippen molar-refractivity contribution in [2.45, 2.75) is 103 Å². The van der Waals surface area contributed by atoms with E-state index in [1.54, 1.807) is 0 Å². The van der Waals surface area contributed by atoms with Gasteiger partial charge in [0.2, 0.25) is 0 Å². The highest BCUT2D eigenvalue weighted by molar-refractivity contribution is 5.29. The molecule has 0 aromatic heterocycles. The van der Waals surface area contributed by atoms with E-state index in [4.69, 9.17) is 0 Å². The van der Waals surface area contributed by atoms with Crippen LogP contribution in [0.5, 0.6) is 5.75 Å². The third-order valence-corrected chi connectivity index (χ3v) is 7.80. The van der Waals surface area contributed by atoms with E-state index in [9.17, 15) is 13.2 Å². The van der Waals surface area contributed by atoms with E-state index in [0.29, 0.717) is 5.92 Å². The summed E-state index contributed by atoms with van der Waals surface area (Å²) in [4.78, 5) is 0. The Kier molecular flexibility index (Phi) is 8.53. The average Bonchev–Trinajstić information content (AvgIpc) is 2.72. The molecule has 4 heteroatoms. The van der Waals surface area contributed by atoms with Crippen molar-refractivity contribution < 1.29 is 17.9 Å². The predicted molar refractivity (Wildman–Crippen MR) is 117 cm³/mol. The first-order chi connectivity index (χ1) is 14.3. The van der Waals surface area contributed by atoms with Gasteiger partial charge >= 0.3 is 6.36 Å². The number of unbranched alkanes of at least 4 members (excludes halogenated alkanes) is 1. The van der Waals surface area contributed by atoms with Gasteiger partial charge in [-0.05, 0) is 92.2 Å². The quantitative estimate of drug-likeness (QED) is 0.405. The molecular weight excluding hydrogens is 385 g/mol. The van der Waals surface area contributed by atoms with Crippen LogP contribution in [0.1, 0.15) is 102 Å². The van der Waals surface area contributed by atoms with Crippen LogP contribution in [0.25, 0.3) is 0 Å². The van der Waals surface area contributed by atoms with E-state index in [0.717, 1.165) is 42.1 Å². The molecule has 2 saturated carbocycles. The summed E-state index contributed by atoms with van der Waals surface area (Å²) in [7, 11) is 0. The molecule has 1 unspecified atom stereocenters. The molecule has 0 amide bonds. The van der Waals surface area contributed by atoms with Crippen molar-refractivity contribution in [3.05, 3.63) is 29.8 Å². The van der Waals surface area contributed by atoms with Gasteiger partial charge in [-0.1, -0.05) is 58.1 Å². The Morgan fingerprint density at radius 1 is 0.900 bits per heavy atom. The van der Waals surface area contributed by atoms with Crippen molar-refractivity contribution >= 4 is 0 Å². The van der Waals surface area contributed by atoms with Gasteiger partial charge in [-0.25, -0.2) is 0 Å². The zero-order valence-corrected chi connectivity index (χ0v) is 18.7. The zero-order chi connectivity index (χ0) is 21.6. The summed E-state index contributed by atoms with van der Waals surface area (Å²) in [5.41, 5.74) is 1.15. The first-order valence-corrected chi connectivity index (χ1v) is 12.2. The molecule has 1 aromatic rings. The maximum absolute atomic E-state index is 12.3. The van der Waals surface area contributed by atoms with Crippen LogP contribution in [0, 0.1) is 23.7 Å². The topological polar surface area (TPSA) is 9.23 Å². The summed E-state index contributed by atoms with van der Waals surface area (Å²) in [5, 5.41) is 0. The van der Waals surface area contributed by atoms with E-state index >= 15 is 0 Å². The van der Waals surface area contributed by atoms with Crippen LogP contribution in [0.3, 0.4) is 0 Å². The standard InChI is InChI=1S/C26H39F3O/c1-3-4-5-20-6-10-22(11-7-20)19(2)18-21-8-12-23(13-9-21)24-14-16-25(17-15-24)30-26(27,28)29/h14-17,19-23H,3-13,18H2,1-2H3. The van der Waals surface area contributed by atoms with Crippen LogP contribution in [-0.4, -0.2) is 6.36 Å². The Morgan fingerprint density at radius 2 is 1.50 bits per heavy atom. The van der Waals surface area contributed by atoms with E-state index in [-0.39, 0.29) is 5.75 Å². The van der Waals surface area contributed by atoms with Crippen LogP contribution in [0.15, 0.2) is 24.3 Å². The number of halogens is 3. The monoisotopic (exact) mass is 424 g/mol. The van der Waals surface area contributed by atoms with Crippen LogP contribution >= 0.6 is 0 Å². The van der Waals surface area contributed by atoms with E-state index in [2.05, 4.69) is 18.6 Å². The molecule has 3 rings (SSSR count). The Morgan fingerprint density at radius 3 is 2.07 bits per heavy atom. The first-order valence-electron chi connectivity index (χ1n) is 12.2. The SMILES string of the molecule is CCCCC1CCC(C(C)CC2CCC(c3ccc(OC(F)(F)F)cc3)CC2)CC1. The lowest BCUT2D eigenvalue weighted by atomic mass is 9.70. The van der Waals surface area contributed by atoms with Crippen molar-refractivity contribution in [2.24, 2.45) is 23.7 Å².